The summed E-state index contributed by atoms with van der Waals surface area (Å²) in [5.41, 5.74) is 0. The van der Waals surface area contributed by atoms with Crippen molar-refractivity contribution in [3.8, 4) is 0 Å². The highest BCUT2D eigenvalue weighted by Crippen LogP contribution is 2.19. The summed E-state index contributed by atoms with van der Waals surface area (Å²) in [5, 5.41) is 6.33. The molecule has 0 atom stereocenters. The van der Waals surface area contributed by atoms with Crippen LogP contribution in [0.1, 0.15) is 57.8 Å². The van der Waals surface area contributed by atoms with E-state index in [1.807, 2.05) is 4.90 Å². The SMILES string of the molecule is CN=C(NCCOC1CCCCCC1)NCC(=O)N1CCCCC1.I. The maximum Gasteiger partial charge on any atom is 0.241 e. The van der Waals surface area contributed by atoms with Gasteiger partial charge in [-0.05, 0) is 32.1 Å². The van der Waals surface area contributed by atoms with Gasteiger partial charge in [0.15, 0.2) is 5.96 Å². The van der Waals surface area contributed by atoms with Gasteiger partial charge in [-0.15, -0.1) is 24.0 Å². The minimum Gasteiger partial charge on any atom is -0.376 e. The summed E-state index contributed by atoms with van der Waals surface area (Å²) in [6.45, 7) is 3.49. The standard InChI is InChI=1S/C18H34N4O2.HI/c1-19-18(21-15-17(23)22-12-7-4-8-13-22)20-11-14-24-16-9-5-2-3-6-10-16;/h16H,2-15H2,1H3,(H2,19,20,21);1H. The molecule has 1 amide bonds. The van der Waals surface area contributed by atoms with E-state index in [1.54, 1.807) is 7.05 Å². The number of nitrogens with zero attached hydrogens (tertiary/aromatic N) is 2. The van der Waals surface area contributed by atoms with Crippen LogP contribution in [0.2, 0.25) is 0 Å². The molecule has 0 unspecified atom stereocenters. The first-order valence-electron chi connectivity index (χ1n) is 9.63. The van der Waals surface area contributed by atoms with Crippen LogP contribution in [0, 0.1) is 0 Å². The zero-order chi connectivity index (χ0) is 17.0. The molecule has 2 rings (SSSR count). The molecule has 1 heterocycles. The topological polar surface area (TPSA) is 66.0 Å². The summed E-state index contributed by atoms with van der Waals surface area (Å²) in [4.78, 5) is 18.3. The molecule has 0 aromatic rings. The minimum absolute atomic E-state index is 0. The van der Waals surface area contributed by atoms with Gasteiger partial charge in [0, 0.05) is 26.7 Å². The van der Waals surface area contributed by atoms with E-state index >= 15 is 0 Å². The molecule has 7 heteroatoms. The Morgan fingerprint density at radius 3 is 2.32 bits per heavy atom. The molecule has 0 spiro atoms. The van der Waals surface area contributed by atoms with Crippen LogP contribution in [0.5, 0.6) is 0 Å². The van der Waals surface area contributed by atoms with Crippen LogP contribution in [-0.2, 0) is 9.53 Å². The molecular weight excluding hydrogens is 431 g/mol. The van der Waals surface area contributed by atoms with Gasteiger partial charge in [-0.25, -0.2) is 0 Å². The van der Waals surface area contributed by atoms with Crippen LogP contribution in [-0.4, -0.2) is 62.7 Å². The molecule has 1 saturated heterocycles. The number of hydrogen-bond acceptors (Lipinski definition) is 3. The summed E-state index contributed by atoms with van der Waals surface area (Å²) < 4.78 is 5.96. The van der Waals surface area contributed by atoms with Crippen LogP contribution in [0.3, 0.4) is 0 Å². The highest BCUT2D eigenvalue weighted by Gasteiger charge is 2.16. The number of carbonyl (C=O) groups excluding carboxylic acids is 1. The van der Waals surface area contributed by atoms with Gasteiger partial charge in [0.2, 0.25) is 5.91 Å². The fraction of sp³-hybridized carbons (Fsp3) is 0.889. The second-order valence-corrected chi connectivity index (χ2v) is 6.78. The van der Waals surface area contributed by atoms with Gasteiger partial charge in [-0.3, -0.25) is 9.79 Å². The van der Waals surface area contributed by atoms with Crippen LogP contribution < -0.4 is 10.6 Å². The van der Waals surface area contributed by atoms with Gasteiger partial charge >= 0.3 is 0 Å². The number of amides is 1. The zero-order valence-corrected chi connectivity index (χ0v) is 17.9. The van der Waals surface area contributed by atoms with Gasteiger partial charge in [0.25, 0.3) is 0 Å². The van der Waals surface area contributed by atoms with Gasteiger partial charge in [-0.2, -0.15) is 0 Å². The second kappa shape index (κ2) is 13.6. The van der Waals surface area contributed by atoms with E-state index in [9.17, 15) is 4.79 Å². The lowest BCUT2D eigenvalue weighted by molar-refractivity contribution is -0.130. The Balaban J connectivity index is 0.00000312. The van der Waals surface area contributed by atoms with Crippen molar-refractivity contribution in [1.82, 2.24) is 15.5 Å². The Morgan fingerprint density at radius 1 is 1.04 bits per heavy atom. The third kappa shape index (κ3) is 9.08. The largest absolute Gasteiger partial charge is 0.376 e. The lowest BCUT2D eigenvalue weighted by atomic mass is 10.1. The van der Waals surface area contributed by atoms with Crippen LogP contribution in [0.25, 0.3) is 0 Å². The van der Waals surface area contributed by atoms with E-state index in [4.69, 9.17) is 4.74 Å². The predicted octanol–water partition coefficient (Wildman–Crippen LogP) is 2.52. The number of rotatable bonds is 6. The normalized spacial score (nSPS) is 19.7. The van der Waals surface area contributed by atoms with E-state index in [1.165, 1.54) is 44.9 Å². The van der Waals surface area contributed by atoms with Crippen molar-refractivity contribution in [3.63, 3.8) is 0 Å². The lowest BCUT2D eigenvalue weighted by Crippen LogP contribution is -2.46. The van der Waals surface area contributed by atoms with Crippen molar-refractivity contribution in [3.05, 3.63) is 0 Å². The molecule has 1 aliphatic carbocycles. The van der Waals surface area contributed by atoms with Crippen molar-refractivity contribution < 1.29 is 9.53 Å². The molecule has 0 aromatic heterocycles. The maximum atomic E-state index is 12.1. The molecule has 0 radical (unpaired) electrons. The van der Waals surface area contributed by atoms with E-state index in [0.717, 1.165) is 25.9 Å². The van der Waals surface area contributed by atoms with Gasteiger partial charge in [-0.1, -0.05) is 25.7 Å². The zero-order valence-electron chi connectivity index (χ0n) is 15.6. The highest BCUT2D eigenvalue weighted by atomic mass is 127. The molecule has 0 bridgehead atoms. The molecule has 0 aromatic carbocycles. The molecule has 2 fully saturated rings. The monoisotopic (exact) mass is 466 g/mol. The van der Waals surface area contributed by atoms with E-state index in [0.29, 0.717) is 31.8 Å². The number of carbonyl (C=O) groups is 1. The van der Waals surface area contributed by atoms with E-state index in [-0.39, 0.29) is 29.9 Å². The summed E-state index contributed by atoms with van der Waals surface area (Å²) >= 11 is 0. The van der Waals surface area contributed by atoms with Gasteiger partial charge in [0.1, 0.15) is 0 Å². The number of nitrogens with one attached hydrogen (secondary N) is 2. The van der Waals surface area contributed by atoms with Crippen LogP contribution in [0.4, 0.5) is 0 Å². The number of halogens is 1. The third-order valence-corrected chi connectivity index (χ3v) is 4.89. The number of guanidine groups is 1. The quantitative estimate of drug-likeness (QED) is 0.208. The number of likely N-dealkylation sites (tertiary alicyclic amines) is 1. The van der Waals surface area contributed by atoms with Crippen molar-refractivity contribution >= 4 is 35.8 Å². The average Bonchev–Trinajstić information content (AvgIpc) is 2.90. The van der Waals surface area contributed by atoms with Crippen molar-refractivity contribution in [2.75, 3.05) is 39.8 Å². The average molecular weight is 466 g/mol. The molecule has 25 heavy (non-hydrogen) atoms. The Bertz CT molecular complexity index is 393. The van der Waals surface area contributed by atoms with Crippen LogP contribution >= 0.6 is 24.0 Å². The smallest absolute Gasteiger partial charge is 0.241 e. The highest BCUT2D eigenvalue weighted by molar-refractivity contribution is 14.0. The fourth-order valence-corrected chi connectivity index (χ4v) is 3.44. The number of aliphatic imine (C=N–C) groups is 1. The number of hydrogen-bond donors (Lipinski definition) is 2. The van der Waals surface area contributed by atoms with E-state index in [2.05, 4.69) is 15.6 Å². The fourth-order valence-electron chi connectivity index (χ4n) is 3.44. The number of piperidine rings is 1. The molecule has 1 saturated carbocycles. The van der Waals surface area contributed by atoms with Gasteiger partial charge in [0.05, 0.1) is 19.3 Å². The number of ether oxygens (including phenoxy) is 1. The summed E-state index contributed by atoms with van der Waals surface area (Å²) in [6, 6.07) is 0. The molecule has 6 nitrogen and oxygen atoms in total. The lowest BCUT2D eigenvalue weighted by Gasteiger charge is -2.27. The summed E-state index contributed by atoms with van der Waals surface area (Å²) in [5.74, 6) is 0.831. The first-order valence-corrected chi connectivity index (χ1v) is 9.63. The molecular formula is C18H35IN4O2. The summed E-state index contributed by atoms with van der Waals surface area (Å²) in [6.07, 6.45) is 11.6. The maximum absolute atomic E-state index is 12.1. The molecule has 1 aliphatic heterocycles. The Hall–Kier alpha value is -0.570. The summed E-state index contributed by atoms with van der Waals surface area (Å²) in [7, 11) is 1.73. The Kier molecular flexibility index (Phi) is 12.2. The molecule has 2 aliphatic rings. The first-order chi connectivity index (χ1) is 11.8. The predicted molar refractivity (Wildman–Crippen MR) is 113 cm³/mol. The van der Waals surface area contributed by atoms with Crippen molar-refractivity contribution in [2.45, 2.75) is 63.9 Å². The van der Waals surface area contributed by atoms with Crippen LogP contribution in [0.15, 0.2) is 4.99 Å². The molecule has 146 valence electrons. The first kappa shape index (κ1) is 22.5. The minimum atomic E-state index is 0. The second-order valence-electron chi connectivity index (χ2n) is 6.78. The molecule has 2 N–H and O–H groups in total. The van der Waals surface area contributed by atoms with Crippen molar-refractivity contribution in [2.24, 2.45) is 4.99 Å². The van der Waals surface area contributed by atoms with Gasteiger partial charge < -0.3 is 20.3 Å². The Labute approximate surface area is 169 Å². The van der Waals surface area contributed by atoms with E-state index < -0.39 is 0 Å². The third-order valence-electron chi connectivity index (χ3n) is 4.89. The van der Waals surface area contributed by atoms with Crippen molar-refractivity contribution in [1.29, 1.82) is 0 Å². The Morgan fingerprint density at radius 2 is 1.68 bits per heavy atom.